The molecule has 1 N–H and O–H groups in total. The number of amides is 3. The van der Waals surface area contributed by atoms with Crippen LogP contribution in [0.4, 0.5) is 11.4 Å². The van der Waals surface area contributed by atoms with Crippen molar-refractivity contribution in [3.05, 3.63) is 68.7 Å². The van der Waals surface area contributed by atoms with Gasteiger partial charge in [0.2, 0.25) is 5.91 Å². The number of nitro benzene ring substituents is 1. The van der Waals surface area contributed by atoms with Crippen LogP contribution in [0, 0.1) is 16.0 Å². The fourth-order valence-corrected chi connectivity index (χ4v) is 3.31. The normalized spacial score (nSPS) is 14.2. The molecule has 28 heavy (non-hydrogen) atoms. The quantitative estimate of drug-likeness (QED) is 0.468. The molecule has 0 spiro atoms. The van der Waals surface area contributed by atoms with E-state index in [1.165, 1.54) is 24.3 Å². The molecule has 0 bridgehead atoms. The van der Waals surface area contributed by atoms with E-state index in [9.17, 15) is 24.5 Å². The molecule has 0 saturated carbocycles. The number of carbonyl (C=O) groups is 3. The summed E-state index contributed by atoms with van der Waals surface area (Å²) in [5.41, 5.74) is 0.269. The van der Waals surface area contributed by atoms with Gasteiger partial charge in [0.1, 0.15) is 11.1 Å². The predicted molar refractivity (Wildman–Crippen MR) is 102 cm³/mol. The number of benzene rings is 2. The highest BCUT2D eigenvalue weighted by Crippen LogP contribution is 2.30. The van der Waals surface area contributed by atoms with Crippen LogP contribution in [0.1, 0.15) is 34.6 Å². The molecule has 0 aromatic heterocycles. The molecule has 0 unspecified atom stereocenters. The largest absolute Gasteiger partial charge is 0.324 e. The minimum atomic E-state index is -1.08. The van der Waals surface area contributed by atoms with Gasteiger partial charge in [-0.05, 0) is 30.2 Å². The SMILES string of the molecule is CC(C)[C@@H](C(=O)Nc1ccc(Cl)c([N+](=O)[O-])c1)N1C(=O)c2ccccc2C1=O. The van der Waals surface area contributed by atoms with E-state index >= 15 is 0 Å². The minimum absolute atomic E-state index is 0.0660. The van der Waals surface area contributed by atoms with Crippen molar-refractivity contribution in [2.75, 3.05) is 5.32 Å². The summed E-state index contributed by atoms with van der Waals surface area (Å²) in [6.45, 7) is 3.41. The van der Waals surface area contributed by atoms with Crippen molar-refractivity contribution in [1.29, 1.82) is 0 Å². The Morgan fingerprint density at radius 3 is 2.18 bits per heavy atom. The Morgan fingerprint density at radius 2 is 1.68 bits per heavy atom. The highest BCUT2D eigenvalue weighted by Gasteiger charge is 2.43. The molecule has 0 fully saturated rings. The maximum Gasteiger partial charge on any atom is 0.289 e. The van der Waals surface area contributed by atoms with Crippen LogP contribution >= 0.6 is 11.6 Å². The van der Waals surface area contributed by atoms with Crippen LogP contribution in [0.2, 0.25) is 5.02 Å². The van der Waals surface area contributed by atoms with Crippen LogP contribution < -0.4 is 5.32 Å². The average molecular weight is 402 g/mol. The zero-order chi connectivity index (χ0) is 20.6. The van der Waals surface area contributed by atoms with Gasteiger partial charge in [0.15, 0.2) is 0 Å². The topological polar surface area (TPSA) is 110 Å². The van der Waals surface area contributed by atoms with Crippen molar-refractivity contribution in [3.8, 4) is 0 Å². The number of imide groups is 1. The summed E-state index contributed by atoms with van der Waals surface area (Å²) in [5, 5.41) is 13.5. The van der Waals surface area contributed by atoms with Crippen LogP contribution in [0.15, 0.2) is 42.5 Å². The lowest BCUT2D eigenvalue weighted by Gasteiger charge is -2.28. The summed E-state index contributed by atoms with van der Waals surface area (Å²) in [6.07, 6.45) is 0. The third-order valence-corrected chi connectivity index (χ3v) is 4.73. The van der Waals surface area contributed by atoms with E-state index in [1.54, 1.807) is 26.0 Å². The highest BCUT2D eigenvalue weighted by molar-refractivity contribution is 6.32. The average Bonchev–Trinajstić information content (AvgIpc) is 2.88. The Morgan fingerprint density at radius 1 is 1.11 bits per heavy atom. The van der Waals surface area contributed by atoms with Crippen molar-refractivity contribution in [1.82, 2.24) is 4.90 Å². The molecule has 1 aliphatic heterocycles. The fraction of sp³-hybridized carbons (Fsp3) is 0.211. The summed E-state index contributed by atoms with van der Waals surface area (Å²) in [6, 6.07) is 9.10. The second-order valence-corrected chi connectivity index (χ2v) is 7.03. The third kappa shape index (κ3) is 3.34. The van der Waals surface area contributed by atoms with E-state index in [0.29, 0.717) is 0 Å². The van der Waals surface area contributed by atoms with Crippen molar-refractivity contribution in [2.24, 2.45) is 5.92 Å². The van der Waals surface area contributed by atoms with Gasteiger partial charge in [0.25, 0.3) is 17.5 Å². The van der Waals surface area contributed by atoms with Crippen LogP contribution in [0.3, 0.4) is 0 Å². The number of nitrogens with zero attached hydrogens (tertiary/aromatic N) is 2. The van der Waals surface area contributed by atoms with Gasteiger partial charge in [-0.1, -0.05) is 37.6 Å². The molecular formula is C19H16ClN3O5. The van der Waals surface area contributed by atoms with Crippen LogP contribution in [-0.4, -0.2) is 33.6 Å². The number of halogens is 1. The smallest absolute Gasteiger partial charge is 0.289 e. The molecule has 1 atom stereocenters. The Balaban J connectivity index is 1.91. The Kier molecular flexibility index (Phi) is 5.15. The van der Waals surface area contributed by atoms with E-state index in [0.717, 1.165) is 11.0 Å². The molecule has 3 rings (SSSR count). The summed E-state index contributed by atoms with van der Waals surface area (Å²) in [5.74, 6) is -2.10. The van der Waals surface area contributed by atoms with Crippen molar-refractivity contribution in [3.63, 3.8) is 0 Å². The van der Waals surface area contributed by atoms with Crippen molar-refractivity contribution < 1.29 is 19.3 Å². The Labute approximate surface area is 165 Å². The molecule has 0 saturated heterocycles. The Bertz CT molecular complexity index is 970. The molecule has 144 valence electrons. The van der Waals surface area contributed by atoms with Crippen molar-refractivity contribution in [2.45, 2.75) is 19.9 Å². The fourth-order valence-electron chi connectivity index (χ4n) is 3.13. The van der Waals surface area contributed by atoms with Crippen molar-refractivity contribution >= 4 is 40.7 Å². The zero-order valence-corrected chi connectivity index (χ0v) is 15.8. The number of anilines is 1. The Hall–Kier alpha value is -3.26. The van der Waals surface area contributed by atoms with E-state index < -0.39 is 28.7 Å². The number of rotatable bonds is 5. The lowest BCUT2D eigenvalue weighted by molar-refractivity contribution is -0.384. The molecular weight excluding hydrogens is 386 g/mol. The standard InChI is InChI=1S/C19H16ClN3O5/c1-10(2)16(22-18(25)12-5-3-4-6-13(12)19(22)26)17(24)21-11-7-8-14(20)15(9-11)23(27)28/h3-10,16H,1-2H3,(H,21,24)/t16-/m0/s1. The van der Waals surface area contributed by atoms with E-state index in [1.807, 2.05) is 0 Å². The van der Waals surface area contributed by atoms with E-state index in [-0.39, 0.29) is 33.4 Å². The molecule has 2 aromatic rings. The van der Waals surface area contributed by atoms with Crippen LogP contribution in [0.25, 0.3) is 0 Å². The minimum Gasteiger partial charge on any atom is -0.324 e. The summed E-state index contributed by atoms with van der Waals surface area (Å²) < 4.78 is 0. The first-order valence-corrected chi connectivity index (χ1v) is 8.82. The number of carbonyl (C=O) groups excluding carboxylic acids is 3. The first-order valence-electron chi connectivity index (χ1n) is 8.44. The molecule has 3 amide bonds. The van der Waals surface area contributed by atoms with E-state index in [4.69, 9.17) is 11.6 Å². The molecule has 2 aromatic carbocycles. The number of hydrogen-bond acceptors (Lipinski definition) is 5. The lowest BCUT2D eigenvalue weighted by atomic mass is 10.0. The van der Waals surface area contributed by atoms with Gasteiger partial charge in [-0.15, -0.1) is 0 Å². The maximum absolute atomic E-state index is 12.9. The molecule has 0 radical (unpaired) electrons. The highest BCUT2D eigenvalue weighted by atomic mass is 35.5. The van der Waals surface area contributed by atoms with Gasteiger partial charge >= 0.3 is 0 Å². The molecule has 1 aliphatic rings. The first-order chi connectivity index (χ1) is 13.2. The van der Waals surface area contributed by atoms with E-state index in [2.05, 4.69) is 5.32 Å². The van der Waals surface area contributed by atoms with Gasteiger partial charge in [-0.3, -0.25) is 29.4 Å². The number of nitro groups is 1. The number of nitrogens with one attached hydrogen (secondary N) is 1. The molecule has 1 heterocycles. The summed E-state index contributed by atoms with van der Waals surface area (Å²) >= 11 is 5.78. The van der Waals surface area contributed by atoms with Gasteiger partial charge in [0, 0.05) is 11.8 Å². The lowest BCUT2D eigenvalue weighted by Crippen LogP contribution is -2.50. The molecule has 8 nitrogen and oxygen atoms in total. The third-order valence-electron chi connectivity index (χ3n) is 4.41. The molecule has 0 aliphatic carbocycles. The zero-order valence-electron chi connectivity index (χ0n) is 15.0. The predicted octanol–water partition coefficient (Wildman–Crippen LogP) is 3.51. The van der Waals surface area contributed by atoms with Gasteiger partial charge in [-0.2, -0.15) is 0 Å². The number of hydrogen-bond donors (Lipinski definition) is 1. The van der Waals surface area contributed by atoms with Gasteiger partial charge < -0.3 is 5.32 Å². The van der Waals surface area contributed by atoms with Gasteiger partial charge in [0.05, 0.1) is 16.1 Å². The summed E-state index contributed by atoms with van der Waals surface area (Å²) in [7, 11) is 0. The van der Waals surface area contributed by atoms with Crippen LogP contribution in [0.5, 0.6) is 0 Å². The summed E-state index contributed by atoms with van der Waals surface area (Å²) in [4.78, 5) is 49.6. The first kappa shape index (κ1) is 19.5. The second-order valence-electron chi connectivity index (χ2n) is 6.63. The molecule has 9 heteroatoms. The second kappa shape index (κ2) is 7.40. The monoisotopic (exact) mass is 401 g/mol. The van der Waals surface area contributed by atoms with Gasteiger partial charge in [-0.25, -0.2) is 0 Å². The van der Waals surface area contributed by atoms with Crippen LogP contribution in [-0.2, 0) is 4.79 Å². The maximum atomic E-state index is 12.9. The number of fused-ring (bicyclic) bond motifs is 1.